The normalized spacial score (nSPS) is 15.8. The van der Waals surface area contributed by atoms with Gasteiger partial charge in [0.05, 0.1) is 19.9 Å². The van der Waals surface area contributed by atoms with Gasteiger partial charge in [0, 0.05) is 18.2 Å². The summed E-state index contributed by atoms with van der Waals surface area (Å²) in [6.45, 7) is 1.92. The molecule has 1 fully saturated rings. The number of nitrogens with zero attached hydrogens (tertiary/aromatic N) is 2. The number of para-hydroxylation sites is 1. The Labute approximate surface area is 158 Å². The fourth-order valence-corrected chi connectivity index (χ4v) is 3.30. The van der Waals surface area contributed by atoms with Crippen molar-refractivity contribution in [3.05, 3.63) is 59.3 Å². The number of methoxy groups -OCH3 is 2. The summed E-state index contributed by atoms with van der Waals surface area (Å²) in [7, 11) is 5.01. The van der Waals surface area contributed by atoms with Crippen LogP contribution in [0, 0.1) is 6.92 Å². The van der Waals surface area contributed by atoms with Crippen LogP contribution in [0.3, 0.4) is 0 Å². The summed E-state index contributed by atoms with van der Waals surface area (Å²) in [5, 5.41) is 0.441. The smallest absolute Gasteiger partial charge is 0.281 e. The summed E-state index contributed by atoms with van der Waals surface area (Å²) < 4.78 is 10.9. The first-order valence-corrected chi connectivity index (χ1v) is 8.51. The lowest BCUT2D eigenvalue weighted by Gasteiger charge is -2.16. The van der Waals surface area contributed by atoms with E-state index in [1.807, 2.05) is 49.4 Å². The van der Waals surface area contributed by atoms with Gasteiger partial charge in [0.15, 0.2) is 5.11 Å². The maximum Gasteiger partial charge on any atom is 0.281 e. The molecule has 0 radical (unpaired) electrons. The number of hydrogen-bond donors (Lipinski definition) is 0. The molecule has 0 aromatic heterocycles. The van der Waals surface area contributed by atoms with E-state index in [9.17, 15) is 4.79 Å². The van der Waals surface area contributed by atoms with Crippen LogP contribution in [0.4, 0.5) is 5.69 Å². The lowest BCUT2D eigenvalue weighted by atomic mass is 10.1. The third-order valence-corrected chi connectivity index (χ3v) is 4.84. The van der Waals surface area contributed by atoms with Gasteiger partial charge in [-0.15, -0.1) is 0 Å². The van der Waals surface area contributed by atoms with Crippen molar-refractivity contribution in [2.45, 2.75) is 6.92 Å². The number of amides is 1. The minimum absolute atomic E-state index is 0.167. The van der Waals surface area contributed by atoms with Gasteiger partial charge < -0.3 is 14.4 Å². The predicted molar refractivity (Wildman–Crippen MR) is 107 cm³/mol. The number of carbonyl (C=O) groups is 1. The zero-order chi connectivity index (χ0) is 18.8. The summed E-state index contributed by atoms with van der Waals surface area (Å²) in [6.07, 6.45) is 1.79. The lowest BCUT2D eigenvalue weighted by Crippen LogP contribution is -2.30. The van der Waals surface area contributed by atoms with Crippen LogP contribution in [0.5, 0.6) is 11.5 Å². The van der Waals surface area contributed by atoms with E-state index in [-0.39, 0.29) is 5.91 Å². The Morgan fingerprint density at radius 2 is 1.73 bits per heavy atom. The Morgan fingerprint density at radius 3 is 2.35 bits per heavy atom. The Balaban J connectivity index is 2.06. The van der Waals surface area contributed by atoms with Crippen LogP contribution in [-0.2, 0) is 4.79 Å². The molecule has 0 bridgehead atoms. The number of thiocarbonyl (C=S) groups is 1. The summed E-state index contributed by atoms with van der Waals surface area (Å²) >= 11 is 5.48. The quantitative estimate of drug-likeness (QED) is 0.609. The third-order valence-electron chi connectivity index (χ3n) is 4.38. The highest BCUT2D eigenvalue weighted by Gasteiger charge is 2.36. The molecule has 5 nitrogen and oxygen atoms in total. The zero-order valence-electron chi connectivity index (χ0n) is 15.1. The standard InChI is InChI=1S/C20H20N2O3S/c1-13-17(24-3)11-10-14(18(13)25-4)12-16-19(23)22(20(26)21(16)2)15-8-6-5-7-9-15/h5-12H,1-4H3/b16-12-. The van der Waals surface area contributed by atoms with Crippen molar-refractivity contribution in [2.24, 2.45) is 0 Å². The molecule has 134 valence electrons. The van der Waals surface area contributed by atoms with E-state index in [1.54, 1.807) is 32.2 Å². The van der Waals surface area contributed by atoms with E-state index in [0.717, 1.165) is 22.6 Å². The molecule has 0 saturated carbocycles. The number of carbonyl (C=O) groups excluding carboxylic acids is 1. The molecule has 1 heterocycles. The summed E-state index contributed by atoms with van der Waals surface area (Å²) in [4.78, 5) is 16.2. The van der Waals surface area contributed by atoms with Gasteiger partial charge in [-0.1, -0.05) is 18.2 Å². The van der Waals surface area contributed by atoms with Crippen molar-refractivity contribution < 1.29 is 14.3 Å². The second-order valence-corrected chi connectivity index (χ2v) is 6.23. The number of rotatable bonds is 4. The van der Waals surface area contributed by atoms with Crippen molar-refractivity contribution in [1.29, 1.82) is 0 Å². The number of benzene rings is 2. The summed E-state index contributed by atoms with van der Waals surface area (Å²) in [6, 6.07) is 13.1. The van der Waals surface area contributed by atoms with Gasteiger partial charge in [-0.3, -0.25) is 9.69 Å². The van der Waals surface area contributed by atoms with Gasteiger partial charge in [-0.2, -0.15) is 0 Å². The molecule has 0 N–H and O–H groups in total. The second-order valence-electron chi connectivity index (χ2n) is 5.86. The van der Waals surface area contributed by atoms with Crippen molar-refractivity contribution in [3.8, 4) is 11.5 Å². The molecule has 26 heavy (non-hydrogen) atoms. The number of likely N-dealkylation sites (N-methyl/N-ethyl adjacent to an activating group) is 1. The average molecular weight is 368 g/mol. The van der Waals surface area contributed by atoms with Gasteiger partial charge >= 0.3 is 0 Å². The predicted octanol–water partition coefficient (Wildman–Crippen LogP) is 3.62. The molecule has 2 aromatic rings. The highest BCUT2D eigenvalue weighted by molar-refractivity contribution is 7.80. The Morgan fingerprint density at radius 1 is 1.04 bits per heavy atom. The van der Waals surface area contributed by atoms with E-state index in [2.05, 4.69) is 0 Å². The van der Waals surface area contributed by atoms with E-state index in [1.165, 1.54) is 4.90 Å². The third kappa shape index (κ3) is 2.93. The van der Waals surface area contributed by atoms with Crippen molar-refractivity contribution >= 4 is 35.0 Å². The number of hydrogen-bond acceptors (Lipinski definition) is 4. The number of anilines is 1. The molecule has 1 aliphatic rings. The molecule has 6 heteroatoms. The van der Waals surface area contributed by atoms with Gasteiger partial charge in [-0.25, -0.2) is 0 Å². The lowest BCUT2D eigenvalue weighted by molar-refractivity contribution is -0.114. The maximum atomic E-state index is 13.0. The second kappa shape index (κ2) is 7.17. The van der Waals surface area contributed by atoms with E-state index in [4.69, 9.17) is 21.7 Å². The van der Waals surface area contributed by atoms with E-state index < -0.39 is 0 Å². The largest absolute Gasteiger partial charge is 0.496 e. The van der Waals surface area contributed by atoms with Crippen molar-refractivity contribution in [1.82, 2.24) is 4.90 Å². The van der Waals surface area contributed by atoms with Crippen molar-refractivity contribution in [2.75, 3.05) is 26.2 Å². The molecule has 0 aliphatic carbocycles. The fourth-order valence-electron chi connectivity index (χ4n) is 3.01. The first-order chi connectivity index (χ1) is 12.5. The maximum absolute atomic E-state index is 13.0. The molecule has 0 atom stereocenters. The molecule has 0 unspecified atom stereocenters. The van der Waals surface area contributed by atoms with Gasteiger partial charge in [0.2, 0.25) is 0 Å². The Hall–Kier alpha value is -2.86. The van der Waals surface area contributed by atoms with E-state index in [0.29, 0.717) is 16.6 Å². The van der Waals surface area contributed by atoms with Crippen LogP contribution in [0.25, 0.3) is 6.08 Å². The highest BCUT2D eigenvalue weighted by atomic mass is 32.1. The minimum atomic E-state index is -0.167. The fraction of sp³-hybridized carbons (Fsp3) is 0.200. The van der Waals surface area contributed by atoms with Gasteiger partial charge in [-0.05, 0) is 49.5 Å². The van der Waals surface area contributed by atoms with Crippen LogP contribution in [-0.4, -0.2) is 37.2 Å². The molecular weight excluding hydrogens is 348 g/mol. The molecule has 1 saturated heterocycles. The molecule has 1 amide bonds. The van der Waals surface area contributed by atoms with Crippen LogP contribution >= 0.6 is 12.2 Å². The van der Waals surface area contributed by atoms with Crippen molar-refractivity contribution in [3.63, 3.8) is 0 Å². The molecule has 2 aromatic carbocycles. The average Bonchev–Trinajstić information content (AvgIpc) is 2.86. The monoisotopic (exact) mass is 368 g/mol. The highest BCUT2D eigenvalue weighted by Crippen LogP contribution is 2.34. The number of ether oxygens (including phenoxy) is 2. The van der Waals surface area contributed by atoms with Crippen LogP contribution in [0.15, 0.2) is 48.2 Å². The molecular formula is C20H20N2O3S. The first kappa shape index (κ1) is 17.9. The zero-order valence-corrected chi connectivity index (χ0v) is 16.0. The van der Waals surface area contributed by atoms with Crippen LogP contribution < -0.4 is 14.4 Å². The van der Waals surface area contributed by atoms with Gasteiger partial charge in [0.25, 0.3) is 5.91 Å². The first-order valence-electron chi connectivity index (χ1n) is 8.10. The molecule has 0 spiro atoms. The molecule has 3 rings (SSSR count). The Kier molecular flexibility index (Phi) is 4.95. The molecule has 1 aliphatic heterocycles. The van der Waals surface area contributed by atoms with E-state index >= 15 is 0 Å². The minimum Gasteiger partial charge on any atom is -0.496 e. The topological polar surface area (TPSA) is 42.0 Å². The summed E-state index contributed by atoms with van der Waals surface area (Å²) in [5.74, 6) is 1.23. The van der Waals surface area contributed by atoms with Crippen LogP contribution in [0.2, 0.25) is 0 Å². The Bertz CT molecular complexity index is 893. The SMILES string of the molecule is COc1ccc(/C=C2/C(=O)N(c3ccccc3)C(=S)N2C)c(OC)c1C. The summed E-state index contributed by atoms with van der Waals surface area (Å²) in [5.41, 5.74) is 2.90. The van der Waals surface area contributed by atoms with Gasteiger partial charge in [0.1, 0.15) is 17.2 Å². The van der Waals surface area contributed by atoms with Crippen LogP contribution in [0.1, 0.15) is 11.1 Å².